The molecule has 0 fully saturated rings. The first-order valence-corrected chi connectivity index (χ1v) is 9.50. The van der Waals surface area contributed by atoms with Crippen LogP contribution in [0.1, 0.15) is 33.6 Å². The lowest BCUT2D eigenvalue weighted by molar-refractivity contribution is 0.578. The minimum atomic E-state index is -3.33. The van der Waals surface area contributed by atoms with Crippen LogP contribution in [0.3, 0.4) is 0 Å². The van der Waals surface area contributed by atoms with Crippen LogP contribution in [-0.4, -0.2) is 19.9 Å². The van der Waals surface area contributed by atoms with E-state index >= 15 is 0 Å². The second kappa shape index (κ2) is 7.78. The smallest absolute Gasteiger partial charge is 0.232 e. The fourth-order valence-electron chi connectivity index (χ4n) is 1.54. The second-order valence-electron chi connectivity index (χ2n) is 5.20. The van der Waals surface area contributed by atoms with Crippen LogP contribution in [-0.2, 0) is 10.0 Å². The van der Waals surface area contributed by atoms with Crippen LogP contribution in [0.25, 0.3) is 0 Å². The summed E-state index contributed by atoms with van der Waals surface area (Å²) in [5, 5.41) is 0. The maximum Gasteiger partial charge on any atom is 0.232 e. The van der Waals surface area contributed by atoms with Crippen LogP contribution in [0.4, 0.5) is 11.4 Å². The van der Waals surface area contributed by atoms with Gasteiger partial charge in [0.15, 0.2) is 0 Å². The topological polar surface area (TPSA) is 72.2 Å². The first kappa shape index (κ1) is 17.2. The maximum absolute atomic E-state index is 12.0. The van der Waals surface area contributed by atoms with Gasteiger partial charge in [0.1, 0.15) is 0 Å². The summed E-state index contributed by atoms with van der Waals surface area (Å²) in [6, 6.07) is 5.47. The van der Waals surface area contributed by atoms with Crippen molar-refractivity contribution in [2.45, 2.75) is 38.5 Å². The molecule has 0 aliphatic carbocycles. The molecule has 20 heavy (non-hydrogen) atoms. The highest BCUT2D eigenvalue weighted by atomic mass is 32.2. The largest absolute Gasteiger partial charge is 0.397 e. The lowest BCUT2D eigenvalue weighted by Crippen LogP contribution is -2.18. The number of benzene rings is 1. The van der Waals surface area contributed by atoms with Crippen LogP contribution in [0.5, 0.6) is 0 Å². The molecule has 0 atom stereocenters. The molecule has 3 N–H and O–H groups in total. The van der Waals surface area contributed by atoms with Gasteiger partial charge in [-0.05, 0) is 42.7 Å². The zero-order valence-electron chi connectivity index (χ0n) is 12.3. The fraction of sp³-hybridized carbons (Fsp3) is 0.571. The van der Waals surface area contributed by atoms with Gasteiger partial charge in [0, 0.05) is 4.90 Å². The van der Waals surface area contributed by atoms with Gasteiger partial charge in [-0.1, -0.05) is 20.8 Å². The van der Waals surface area contributed by atoms with Crippen LogP contribution in [0.2, 0.25) is 0 Å². The molecule has 1 aromatic carbocycles. The molecule has 6 heteroatoms. The molecule has 0 radical (unpaired) electrons. The number of nitrogen functional groups attached to an aromatic ring is 1. The quantitative estimate of drug-likeness (QED) is 0.568. The number of thioether (sulfide) groups is 1. The van der Waals surface area contributed by atoms with Gasteiger partial charge in [-0.3, -0.25) is 4.72 Å². The van der Waals surface area contributed by atoms with Crippen LogP contribution in [0.15, 0.2) is 23.1 Å². The molecular formula is C14H24N2O2S2. The number of hydrogen-bond acceptors (Lipinski definition) is 4. The Morgan fingerprint density at radius 2 is 2.05 bits per heavy atom. The molecule has 0 aromatic heterocycles. The molecule has 0 amide bonds. The van der Waals surface area contributed by atoms with Crippen molar-refractivity contribution in [3.63, 3.8) is 0 Å². The van der Waals surface area contributed by atoms with Crippen molar-refractivity contribution in [1.82, 2.24) is 0 Å². The number of nitrogens with one attached hydrogen (secondary N) is 1. The van der Waals surface area contributed by atoms with Crippen molar-refractivity contribution < 1.29 is 8.42 Å². The summed E-state index contributed by atoms with van der Waals surface area (Å²) in [6.45, 7) is 6.12. The summed E-state index contributed by atoms with van der Waals surface area (Å²) in [5.74, 6) is 1.48. The molecule has 4 nitrogen and oxygen atoms in total. The van der Waals surface area contributed by atoms with E-state index in [1.807, 2.05) is 26.0 Å². The van der Waals surface area contributed by atoms with Gasteiger partial charge in [-0.15, -0.1) is 11.8 Å². The van der Waals surface area contributed by atoms with Gasteiger partial charge >= 0.3 is 0 Å². The predicted molar refractivity (Wildman–Crippen MR) is 88.7 cm³/mol. The number of sulfonamides is 1. The lowest BCUT2D eigenvalue weighted by atomic mass is 10.2. The maximum atomic E-state index is 12.0. The highest BCUT2D eigenvalue weighted by molar-refractivity contribution is 7.99. The molecule has 1 aromatic rings. The zero-order valence-corrected chi connectivity index (χ0v) is 14.0. The summed E-state index contributed by atoms with van der Waals surface area (Å²) in [5.41, 5.74) is 6.78. The molecular weight excluding hydrogens is 292 g/mol. The molecule has 0 aliphatic heterocycles. The Bertz CT molecular complexity index is 528. The average Bonchev–Trinajstić information content (AvgIpc) is 2.37. The number of rotatable bonds is 8. The van der Waals surface area contributed by atoms with E-state index in [0.717, 1.165) is 17.1 Å². The summed E-state index contributed by atoms with van der Waals surface area (Å²) < 4.78 is 26.6. The number of hydrogen-bond donors (Lipinski definition) is 2. The molecule has 0 saturated heterocycles. The Hall–Kier alpha value is -0.880. The van der Waals surface area contributed by atoms with Gasteiger partial charge in [0.25, 0.3) is 0 Å². The molecule has 0 aliphatic rings. The monoisotopic (exact) mass is 316 g/mol. The second-order valence-corrected chi connectivity index (χ2v) is 8.21. The van der Waals surface area contributed by atoms with Crippen molar-refractivity contribution in [3.8, 4) is 0 Å². The molecule has 0 saturated carbocycles. The van der Waals surface area contributed by atoms with Gasteiger partial charge in [0.2, 0.25) is 10.0 Å². The molecule has 0 spiro atoms. The Morgan fingerprint density at radius 1 is 1.35 bits per heavy atom. The summed E-state index contributed by atoms with van der Waals surface area (Å²) >= 11 is 1.70. The van der Waals surface area contributed by atoms with Crippen molar-refractivity contribution in [2.75, 3.05) is 22.0 Å². The van der Waals surface area contributed by atoms with Gasteiger partial charge in [0.05, 0.1) is 17.1 Å². The molecule has 114 valence electrons. The van der Waals surface area contributed by atoms with E-state index in [2.05, 4.69) is 11.6 Å². The normalized spacial score (nSPS) is 11.8. The van der Waals surface area contributed by atoms with E-state index < -0.39 is 10.0 Å². The standard InChI is InChI=1S/C14H24N2O2S2/c1-4-8-19-12-5-6-13(15)14(10-12)16-20(17,18)9-7-11(2)3/h5-6,10-11,16H,4,7-9,15H2,1-3H3. The molecule has 0 unspecified atom stereocenters. The SMILES string of the molecule is CCCSc1ccc(N)c(NS(=O)(=O)CCC(C)C)c1. The Morgan fingerprint density at radius 3 is 2.65 bits per heavy atom. The minimum absolute atomic E-state index is 0.121. The number of nitrogens with two attached hydrogens (primary N) is 1. The summed E-state index contributed by atoms with van der Waals surface area (Å²) in [7, 11) is -3.33. The Labute approximate surface area is 126 Å². The Kier molecular flexibility index (Phi) is 6.68. The van der Waals surface area contributed by atoms with E-state index in [1.165, 1.54) is 0 Å². The summed E-state index contributed by atoms with van der Waals surface area (Å²) in [4.78, 5) is 1.03. The van der Waals surface area contributed by atoms with Crippen molar-refractivity contribution in [3.05, 3.63) is 18.2 Å². The predicted octanol–water partition coefficient (Wildman–Crippen LogP) is 3.56. The van der Waals surface area contributed by atoms with Gasteiger partial charge in [-0.25, -0.2) is 8.42 Å². The average molecular weight is 316 g/mol. The van der Waals surface area contributed by atoms with Crippen LogP contribution >= 0.6 is 11.8 Å². The highest BCUT2D eigenvalue weighted by Crippen LogP contribution is 2.27. The fourth-order valence-corrected chi connectivity index (χ4v) is 3.74. The zero-order chi connectivity index (χ0) is 15.2. The van der Waals surface area contributed by atoms with Crippen molar-refractivity contribution >= 4 is 33.2 Å². The van der Waals surface area contributed by atoms with E-state index in [1.54, 1.807) is 17.8 Å². The summed E-state index contributed by atoms with van der Waals surface area (Å²) in [6.07, 6.45) is 1.71. The lowest BCUT2D eigenvalue weighted by Gasteiger charge is -2.12. The first-order chi connectivity index (χ1) is 9.34. The molecule has 0 bridgehead atoms. The van der Waals surface area contributed by atoms with E-state index in [0.29, 0.717) is 23.7 Å². The van der Waals surface area contributed by atoms with E-state index in [4.69, 9.17) is 5.73 Å². The Balaban J connectivity index is 2.79. The van der Waals surface area contributed by atoms with E-state index in [-0.39, 0.29) is 5.75 Å². The number of anilines is 2. The first-order valence-electron chi connectivity index (χ1n) is 6.87. The highest BCUT2D eigenvalue weighted by Gasteiger charge is 2.13. The van der Waals surface area contributed by atoms with Crippen LogP contribution < -0.4 is 10.5 Å². The van der Waals surface area contributed by atoms with Gasteiger partial charge < -0.3 is 5.73 Å². The van der Waals surface area contributed by atoms with Gasteiger partial charge in [-0.2, -0.15) is 0 Å². The molecule has 0 heterocycles. The molecule has 1 rings (SSSR count). The third kappa shape index (κ3) is 6.05. The van der Waals surface area contributed by atoms with Crippen molar-refractivity contribution in [2.24, 2.45) is 5.92 Å². The third-order valence-corrected chi connectivity index (χ3v) is 5.23. The van der Waals surface area contributed by atoms with E-state index in [9.17, 15) is 8.42 Å². The minimum Gasteiger partial charge on any atom is -0.397 e. The third-order valence-electron chi connectivity index (χ3n) is 2.73. The van der Waals surface area contributed by atoms with Crippen LogP contribution in [0, 0.1) is 5.92 Å². The van der Waals surface area contributed by atoms with Crippen molar-refractivity contribution in [1.29, 1.82) is 0 Å².